The molecule has 90 valence electrons. The lowest BCUT2D eigenvalue weighted by molar-refractivity contribution is -0.155. The summed E-state index contributed by atoms with van der Waals surface area (Å²) in [5, 5.41) is 8.98. The normalized spacial score (nSPS) is 16.9. The standard InChI is InChI=1S/C10H16N2O4/c1-6(2)12(5-7(11)13)8(14)10(3-4-10)9(15)16/h6H,3-5H2,1-2H3,(H2,11,13)(H,15,16). The molecular formula is C10H16N2O4. The number of nitrogens with zero attached hydrogens (tertiary/aromatic N) is 1. The predicted molar refractivity (Wildman–Crippen MR) is 55.3 cm³/mol. The fraction of sp³-hybridized carbons (Fsp3) is 0.700. The average Bonchev–Trinajstić information content (AvgIpc) is 2.92. The molecule has 1 aliphatic carbocycles. The molecule has 3 N–H and O–H groups in total. The van der Waals surface area contributed by atoms with Gasteiger partial charge >= 0.3 is 5.97 Å². The number of primary amides is 1. The second-order valence-corrected chi connectivity index (χ2v) is 4.38. The summed E-state index contributed by atoms with van der Waals surface area (Å²) in [6.45, 7) is 3.21. The molecule has 0 unspecified atom stereocenters. The predicted octanol–water partition coefficient (Wildman–Crippen LogP) is -0.426. The summed E-state index contributed by atoms with van der Waals surface area (Å²) in [6.07, 6.45) is 0.673. The summed E-state index contributed by atoms with van der Waals surface area (Å²) >= 11 is 0. The first-order chi connectivity index (χ1) is 7.31. The van der Waals surface area contributed by atoms with Gasteiger partial charge in [-0.1, -0.05) is 0 Å². The van der Waals surface area contributed by atoms with E-state index >= 15 is 0 Å². The molecule has 0 saturated heterocycles. The Morgan fingerprint density at radius 3 is 2.12 bits per heavy atom. The highest BCUT2D eigenvalue weighted by Gasteiger charge is 2.58. The van der Waals surface area contributed by atoms with Crippen molar-refractivity contribution in [1.29, 1.82) is 0 Å². The highest BCUT2D eigenvalue weighted by Crippen LogP contribution is 2.47. The monoisotopic (exact) mass is 228 g/mol. The smallest absolute Gasteiger partial charge is 0.319 e. The molecule has 0 aromatic rings. The van der Waals surface area contributed by atoms with Gasteiger partial charge in [-0.15, -0.1) is 0 Å². The maximum absolute atomic E-state index is 12.0. The molecule has 1 fully saturated rings. The first kappa shape index (κ1) is 12.5. The van der Waals surface area contributed by atoms with E-state index in [0.717, 1.165) is 0 Å². The third kappa shape index (κ3) is 2.15. The van der Waals surface area contributed by atoms with Crippen LogP contribution < -0.4 is 5.73 Å². The van der Waals surface area contributed by atoms with Gasteiger partial charge in [0.25, 0.3) is 0 Å². The third-order valence-corrected chi connectivity index (χ3v) is 2.78. The minimum absolute atomic E-state index is 0.231. The van der Waals surface area contributed by atoms with E-state index < -0.39 is 23.2 Å². The van der Waals surface area contributed by atoms with Crippen molar-refractivity contribution >= 4 is 17.8 Å². The van der Waals surface area contributed by atoms with Gasteiger partial charge in [0.1, 0.15) is 5.41 Å². The van der Waals surface area contributed by atoms with E-state index in [2.05, 4.69) is 0 Å². The van der Waals surface area contributed by atoms with Crippen LogP contribution in [0, 0.1) is 5.41 Å². The van der Waals surface area contributed by atoms with Gasteiger partial charge in [0.2, 0.25) is 11.8 Å². The Morgan fingerprint density at radius 1 is 1.38 bits per heavy atom. The second-order valence-electron chi connectivity index (χ2n) is 4.38. The van der Waals surface area contributed by atoms with Gasteiger partial charge in [-0.3, -0.25) is 14.4 Å². The molecule has 0 aliphatic heterocycles. The van der Waals surface area contributed by atoms with Crippen LogP contribution in [0.3, 0.4) is 0 Å². The van der Waals surface area contributed by atoms with E-state index in [1.807, 2.05) is 0 Å². The third-order valence-electron chi connectivity index (χ3n) is 2.78. The number of carboxylic acid groups (broad SMARTS) is 1. The number of amides is 2. The zero-order chi connectivity index (χ0) is 12.5. The Kier molecular flexibility index (Phi) is 3.21. The summed E-state index contributed by atoms with van der Waals surface area (Å²) in [4.78, 5) is 35.0. The van der Waals surface area contributed by atoms with Crippen LogP contribution in [0.5, 0.6) is 0 Å². The first-order valence-corrected chi connectivity index (χ1v) is 5.14. The Bertz CT molecular complexity index is 334. The molecule has 16 heavy (non-hydrogen) atoms. The van der Waals surface area contributed by atoms with E-state index in [-0.39, 0.29) is 12.6 Å². The van der Waals surface area contributed by atoms with E-state index in [0.29, 0.717) is 12.8 Å². The molecule has 0 heterocycles. The van der Waals surface area contributed by atoms with Crippen molar-refractivity contribution in [2.24, 2.45) is 11.1 Å². The number of carbonyl (C=O) groups excluding carboxylic acids is 2. The molecular weight excluding hydrogens is 212 g/mol. The number of carbonyl (C=O) groups is 3. The molecule has 0 atom stereocenters. The van der Waals surface area contributed by atoms with Gasteiger partial charge in [-0.2, -0.15) is 0 Å². The first-order valence-electron chi connectivity index (χ1n) is 5.14. The quantitative estimate of drug-likeness (QED) is 0.623. The van der Waals surface area contributed by atoms with Gasteiger partial charge in [0.05, 0.1) is 6.54 Å². The van der Waals surface area contributed by atoms with Crippen LogP contribution in [0.2, 0.25) is 0 Å². The van der Waals surface area contributed by atoms with Gasteiger partial charge in [-0.05, 0) is 26.7 Å². The number of carboxylic acids is 1. The molecule has 0 aromatic heterocycles. The van der Waals surface area contributed by atoms with E-state index in [1.54, 1.807) is 13.8 Å². The molecule has 1 aliphatic rings. The highest BCUT2D eigenvalue weighted by molar-refractivity contribution is 6.05. The van der Waals surface area contributed by atoms with E-state index in [1.165, 1.54) is 4.90 Å². The average molecular weight is 228 g/mol. The van der Waals surface area contributed by atoms with Crippen molar-refractivity contribution in [3.8, 4) is 0 Å². The number of nitrogens with two attached hydrogens (primary N) is 1. The Hall–Kier alpha value is -1.59. The number of rotatable bonds is 5. The van der Waals surface area contributed by atoms with Crippen molar-refractivity contribution < 1.29 is 19.5 Å². The van der Waals surface area contributed by atoms with Crippen LogP contribution >= 0.6 is 0 Å². The van der Waals surface area contributed by atoms with Crippen molar-refractivity contribution in [2.45, 2.75) is 32.7 Å². The Balaban J connectivity index is 2.84. The number of hydrogen-bond donors (Lipinski definition) is 2. The zero-order valence-corrected chi connectivity index (χ0v) is 9.40. The van der Waals surface area contributed by atoms with Crippen LogP contribution in [0.4, 0.5) is 0 Å². The fourth-order valence-corrected chi connectivity index (χ4v) is 1.58. The molecule has 1 saturated carbocycles. The van der Waals surface area contributed by atoms with Crippen molar-refractivity contribution in [3.05, 3.63) is 0 Å². The molecule has 6 heteroatoms. The summed E-state index contributed by atoms with van der Waals surface area (Å²) in [6, 6.07) is -0.239. The summed E-state index contributed by atoms with van der Waals surface area (Å²) in [5.41, 5.74) is 3.72. The SMILES string of the molecule is CC(C)N(CC(N)=O)C(=O)C1(C(=O)O)CC1. The van der Waals surface area contributed by atoms with Crippen molar-refractivity contribution in [1.82, 2.24) is 4.90 Å². The van der Waals surface area contributed by atoms with Crippen LogP contribution in [0.25, 0.3) is 0 Å². The van der Waals surface area contributed by atoms with E-state index in [9.17, 15) is 14.4 Å². The molecule has 0 radical (unpaired) electrons. The maximum Gasteiger partial charge on any atom is 0.319 e. The minimum Gasteiger partial charge on any atom is -0.480 e. The van der Waals surface area contributed by atoms with Crippen LogP contribution in [-0.2, 0) is 14.4 Å². The van der Waals surface area contributed by atoms with Gasteiger partial charge in [0, 0.05) is 6.04 Å². The summed E-state index contributed by atoms with van der Waals surface area (Å²) in [7, 11) is 0. The lowest BCUT2D eigenvalue weighted by Crippen LogP contribution is -2.48. The van der Waals surface area contributed by atoms with Crippen molar-refractivity contribution in [2.75, 3.05) is 6.54 Å². The van der Waals surface area contributed by atoms with E-state index in [4.69, 9.17) is 10.8 Å². The van der Waals surface area contributed by atoms with Gasteiger partial charge < -0.3 is 15.7 Å². The lowest BCUT2D eigenvalue weighted by Gasteiger charge is -2.28. The largest absolute Gasteiger partial charge is 0.480 e. The van der Waals surface area contributed by atoms with Crippen LogP contribution in [0.15, 0.2) is 0 Å². The summed E-state index contributed by atoms with van der Waals surface area (Å²) in [5.74, 6) is -2.26. The fourth-order valence-electron chi connectivity index (χ4n) is 1.58. The van der Waals surface area contributed by atoms with Gasteiger partial charge in [-0.25, -0.2) is 0 Å². The zero-order valence-electron chi connectivity index (χ0n) is 9.40. The second kappa shape index (κ2) is 4.11. The molecule has 2 amide bonds. The minimum atomic E-state index is -1.31. The lowest BCUT2D eigenvalue weighted by atomic mass is 10.0. The Labute approximate surface area is 93.4 Å². The molecule has 0 spiro atoms. The maximum atomic E-state index is 12.0. The topological polar surface area (TPSA) is 101 Å². The summed E-state index contributed by atoms with van der Waals surface area (Å²) < 4.78 is 0. The van der Waals surface area contributed by atoms with Crippen LogP contribution in [0.1, 0.15) is 26.7 Å². The molecule has 1 rings (SSSR count). The highest BCUT2D eigenvalue weighted by atomic mass is 16.4. The van der Waals surface area contributed by atoms with Gasteiger partial charge in [0.15, 0.2) is 0 Å². The van der Waals surface area contributed by atoms with Crippen molar-refractivity contribution in [3.63, 3.8) is 0 Å². The number of aliphatic carboxylic acids is 1. The molecule has 6 nitrogen and oxygen atoms in total. The Morgan fingerprint density at radius 2 is 1.88 bits per heavy atom. The van der Waals surface area contributed by atoms with Crippen LogP contribution in [-0.4, -0.2) is 40.4 Å². The number of hydrogen-bond acceptors (Lipinski definition) is 3. The molecule has 0 bridgehead atoms. The molecule has 0 aromatic carbocycles.